The van der Waals surface area contributed by atoms with Crippen LogP contribution in [0.1, 0.15) is 18.4 Å². The lowest BCUT2D eigenvalue weighted by molar-refractivity contribution is -0.135. The second-order valence-electron chi connectivity index (χ2n) is 5.91. The number of halogens is 3. The lowest BCUT2D eigenvalue weighted by Gasteiger charge is -2.27. The molecule has 9 heteroatoms. The van der Waals surface area contributed by atoms with Crippen LogP contribution in [0.4, 0.5) is 8.78 Å². The Hall–Kier alpha value is -1.80. The summed E-state index contributed by atoms with van der Waals surface area (Å²) in [4.78, 5) is 14.1. The number of carbonyl (C=O) groups is 1. The molecule has 2 aliphatic heterocycles. The summed E-state index contributed by atoms with van der Waals surface area (Å²) in [5.74, 6) is 0.803. The molecule has 2 heterocycles. The zero-order valence-electron chi connectivity index (χ0n) is 13.8. The first-order valence-corrected chi connectivity index (χ1v) is 7.87. The summed E-state index contributed by atoms with van der Waals surface area (Å²) in [5, 5.41) is 3.21. The molecule has 6 nitrogen and oxygen atoms in total. The minimum Gasteiger partial charge on any atom is -0.454 e. The van der Waals surface area contributed by atoms with Crippen molar-refractivity contribution in [3.63, 3.8) is 0 Å². The highest BCUT2D eigenvalue weighted by atomic mass is 35.5. The van der Waals surface area contributed by atoms with Crippen molar-refractivity contribution in [3.05, 3.63) is 17.7 Å². The average Bonchev–Trinajstić information content (AvgIpc) is 3.01. The zero-order chi connectivity index (χ0) is 17.1. The zero-order valence-corrected chi connectivity index (χ0v) is 14.6. The van der Waals surface area contributed by atoms with Crippen LogP contribution in [-0.2, 0) is 11.3 Å². The maximum atomic E-state index is 12.7. The van der Waals surface area contributed by atoms with Gasteiger partial charge in [-0.1, -0.05) is 0 Å². The first kappa shape index (κ1) is 19.5. The van der Waals surface area contributed by atoms with E-state index < -0.39 is 6.61 Å². The Labute approximate surface area is 150 Å². The first-order valence-electron chi connectivity index (χ1n) is 7.87. The van der Waals surface area contributed by atoms with Gasteiger partial charge in [0.05, 0.1) is 0 Å². The summed E-state index contributed by atoms with van der Waals surface area (Å²) < 4.78 is 40.4. The van der Waals surface area contributed by atoms with Gasteiger partial charge in [-0.3, -0.25) is 4.79 Å². The van der Waals surface area contributed by atoms with Crippen molar-refractivity contribution in [2.24, 2.45) is 5.92 Å². The standard InChI is InChI=1S/C16H20F2N2O4.ClH/c1-20(15(21)10-2-4-19-5-3-10)8-11-6-13-14(23-9-22-13)7-12(11)24-16(17)18;/h6-7,10,16,19H,2-5,8-9H2,1H3;1H. The molecule has 0 aliphatic carbocycles. The lowest BCUT2D eigenvalue weighted by atomic mass is 9.96. The highest BCUT2D eigenvalue weighted by molar-refractivity contribution is 5.85. The summed E-state index contributed by atoms with van der Waals surface area (Å²) in [5.41, 5.74) is 0.462. The van der Waals surface area contributed by atoms with Crippen molar-refractivity contribution in [2.75, 3.05) is 26.9 Å². The van der Waals surface area contributed by atoms with Gasteiger partial charge in [0, 0.05) is 31.1 Å². The highest BCUT2D eigenvalue weighted by Crippen LogP contribution is 2.39. The molecular weight excluding hydrogens is 358 g/mol. The number of carbonyl (C=O) groups excluding carboxylic acids is 1. The van der Waals surface area contributed by atoms with Crippen molar-refractivity contribution in [1.29, 1.82) is 0 Å². The minimum atomic E-state index is -2.95. The first-order chi connectivity index (χ1) is 11.5. The van der Waals surface area contributed by atoms with Gasteiger partial charge in [0.15, 0.2) is 11.5 Å². The molecule has 1 saturated heterocycles. The second kappa shape index (κ2) is 8.53. The SMILES string of the molecule is CN(Cc1cc2c(cc1OC(F)F)OCO2)C(=O)C1CCNCC1.Cl. The molecule has 1 fully saturated rings. The van der Waals surface area contributed by atoms with Crippen LogP contribution in [0.2, 0.25) is 0 Å². The molecule has 1 N–H and O–H groups in total. The second-order valence-corrected chi connectivity index (χ2v) is 5.91. The summed E-state index contributed by atoms with van der Waals surface area (Å²) >= 11 is 0. The van der Waals surface area contributed by atoms with Crippen molar-refractivity contribution >= 4 is 18.3 Å². The van der Waals surface area contributed by atoms with E-state index >= 15 is 0 Å². The van der Waals surface area contributed by atoms with Gasteiger partial charge in [0.25, 0.3) is 0 Å². The van der Waals surface area contributed by atoms with Gasteiger partial charge in [-0.05, 0) is 32.0 Å². The Morgan fingerprint density at radius 1 is 1.32 bits per heavy atom. The Kier molecular flexibility index (Phi) is 6.66. The Balaban J connectivity index is 0.00000225. The third-order valence-electron chi connectivity index (χ3n) is 4.24. The number of piperidine rings is 1. The molecule has 0 unspecified atom stereocenters. The maximum absolute atomic E-state index is 12.7. The van der Waals surface area contributed by atoms with Crippen LogP contribution in [0, 0.1) is 5.92 Å². The number of hydrogen-bond acceptors (Lipinski definition) is 5. The quantitative estimate of drug-likeness (QED) is 0.852. The Morgan fingerprint density at radius 3 is 2.60 bits per heavy atom. The normalized spacial score (nSPS) is 16.5. The van der Waals surface area contributed by atoms with E-state index in [-0.39, 0.29) is 43.3 Å². The van der Waals surface area contributed by atoms with Crippen LogP contribution < -0.4 is 19.5 Å². The van der Waals surface area contributed by atoms with Gasteiger partial charge < -0.3 is 24.4 Å². The predicted molar refractivity (Wildman–Crippen MR) is 88.5 cm³/mol. The van der Waals surface area contributed by atoms with E-state index in [1.807, 2.05) is 0 Å². The fourth-order valence-corrected chi connectivity index (χ4v) is 3.01. The maximum Gasteiger partial charge on any atom is 0.387 e. The molecule has 25 heavy (non-hydrogen) atoms. The number of rotatable bonds is 5. The van der Waals surface area contributed by atoms with Crippen molar-refractivity contribution in [3.8, 4) is 17.2 Å². The predicted octanol–water partition coefficient (Wildman–Crippen LogP) is 2.40. The van der Waals surface area contributed by atoms with Crippen LogP contribution in [0.25, 0.3) is 0 Å². The number of alkyl halides is 2. The van der Waals surface area contributed by atoms with Gasteiger partial charge in [0.2, 0.25) is 12.7 Å². The number of hydrogen-bond donors (Lipinski definition) is 1. The van der Waals surface area contributed by atoms with E-state index in [2.05, 4.69) is 10.1 Å². The Morgan fingerprint density at radius 2 is 1.96 bits per heavy atom. The van der Waals surface area contributed by atoms with E-state index in [0.717, 1.165) is 25.9 Å². The smallest absolute Gasteiger partial charge is 0.387 e. The molecule has 0 atom stereocenters. The molecule has 1 aromatic carbocycles. The number of amides is 1. The monoisotopic (exact) mass is 378 g/mol. The molecule has 1 amide bonds. The molecular formula is C16H21ClF2N2O4. The molecule has 1 aromatic rings. The number of nitrogens with zero attached hydrogens (tertiary/aromatic N) is 1. The molecule has 0 aromatic heterocycles. The van der Waals surface area contributed by atoms with Gasteiger partial charge in [-0.15, -0.1) is 12.4 Å². The van der Waals surface area contributed by atoms with E-state index in [1.165, 1.54) is 6.07 Å². The van der Waals surface area contributed by atoms with Gasteiger partial charge in [-0.2, -0.15) is 8.78 Å². The lowest BCUT2D eigenvalue weighted by Crippen LogP contribution is -2.39. The van der Waals surface area contributed by atoms with Crippen molar-refractivity contribution in [1.82, 2.24) is 10.2 Å². The molecule has 3 rings (SSSR count). The van der Waals surface area contributed by atoms with Crippen molar-refractivity contribution in [2.45, 2.75) is 26.0 Å². The number of benzene rings is 1. The average molecular weight is 379 g/mol. The molecule has 0 spiro atoms. The van der Waals surface area contributed by atoms with E-state index in [1.54, 1.807) is 18.0 Å². The fraction of sp³-hybridized carbons (Fsp3) is 0.562. The third-order valence-corrected chi connectivity index (χ3v) is 4.24. The Bertz CT molecular complexity index is 612. The molecule has 0 bridgehead atoms. The number of nitrogens with one attached hydrogen (secondary N) is 1. The summed E-state index contributed by atoms with van der Waals surface area (Å²) in [7, 11) is 1.67. The van der Waals surface area contributed by atoms with Crippen LogP contribution in [0.3, 0.4) is 0 Å². The number of ether oxygens (including phenoxy) is 3. The van der Waals surface area contributed by atoms with Gasteiger partial charge >= 0.3 is 6.61 Å². The minimum absolute atomic E-state index is 0. The summed E-state index contributed by atoms with van der Waals surface area (Å²) in [6, 6.07) is 2.97. The van der Waals surface area contributed by atoms with E-state index in [0.29, 0.717) is 17.1 Å². The van der Waals surface area contributed by atoms with Gasteiger partial charge in [-0.25, -0.2) is 0 Å². The van der Waals surface area contributed by atoms with Crippen molar-refractivity contribution < 1.29 is 27.8 Å². The largest absolute Gasteiger partial charge is 0.454 e. The summed E-state index contributed by atoms with van der Waals surface area (Å²) in [6.45, 7) is -1.12. The van der Waals surface area contributed by atoms with Crippen LogP contribution in [-0.4, -0.2) is 44.3 Å². The molecule has 140 valence electrons. The molecule has 0 saturated carbocycles. The third kappa shape index (κ3) is 4.64. The topological polar surface area (TPSA) is 60.0 Å². The van der Waals surface area contributed by atoms with Crippen LogP contribution in [0.15, 0.2) is 12.1 Å². The van der Waals surface area contributed by atoms with E-state index in [4.69, 9.17) is 9.47 Å². The van der Waals surface area contributed by atoms with Crippen LogP contribution in [0.5, 0.6) is 17.2 Å². The molecule has 0 radical (unpaired) electrons. The fourth-order valence-electron chi connectivity index (χ4n) is 3.01. The number of fused-ring (bicyclic) bond motifs is 1. The van der Waals surface area contributed by atoms with Gasteiger partial charge in [0.1, 0.15) is 5.75 Å². The van der Waals surface area contributed by atoms with E-state index in [9.17, 15) is 13.6 Å². The van der Waals surface area contributed by atoms with Crippen LogP contribution >= 0.6 is 12.4 Å². The summed E-state index contributed by atoms with van der Waals surface area (Å²) in [6.07, 6.45) is 1.56. The highest BCUT2D eigenvalue weighted by Gasteiger charge is 2.26. The molecule has 2 aliphatic rings.